The van der Waals surface area contributed by atoms with E-state index in [2.05, 4.69) is 9.88 Å². The van der Waals surface area contributed by atoms with Crippen molar-refractivity contribution in [2.24, 2.45) is 5.73 Å². The highest BCUT2D eigenvalue weighted by molar-refractivity contribution is 5.53. The van der Waals surface area contributed by atoms with Crippen LogP contribution in [0.4, 0.5) is 5.69 Å². The van der Waals surface area contributed by atoms with Crippen LogP contribution in [0.2, 0.25) is 0 Å². The van der Waals surface area contributed by atoms with Gasteiger partial charge in [0.05, 0.1) is 6.10 Å². The predicted octanol–water partition coefficient (Wildman–Crippen LogP) is 0.765. The Hall–Kier alpha value is -1.13. The van der Waals surface area contributed by atoms with E-state index in [0.29, 0.717) is 12.6 Å². The van der Waals surface area contributed by atoms with Crippen molar-refractivity contribution in [3.05, 3.63) is 24.0 Å². The summed E-state index contributed by atoms with van der Waals surface area (Å²) in [7, 11) is 1.77. The standard InChI is InChI=1S/C11H17N3O/c1-15-10-3-5-14(8-10)11-2-4-13-7-9(11)6-12/h2,4,7,10H,3,5-6,8,12H2,1H3. The number of aromatic nitrogens is 1. The Morgan fingerprint density at radius 1 is 1.67 bits per heavy atom. The predicted molar refractivity (Wildman–Crippen MR) is 59.8 cm³/mol. The Morgan fingerprint density at radius 3 is 3.20 bits per heavy atom. The van der Waals surface area contributed by atoms with Gasteiger partial charge in [-0.3, -0.25) is 4.98 Å². The first-order valence-electron chi connectivity index (χ1n) is 5.26. The molecule has 1 atom stereocenters. The van der Waals surface area contributed by atoms with E-state index in [9.17, 15) is 0 Å². The summed E-state index contributed by atoms with van der Waals surface area (Å²) in [4.78, 5) is 6.41. The summed E-state index contributed by atoms with van der Waals surface area (Å²) in [6.45, 7) is 2.53. The summed E-state index contributed by atoms with van der Waals surface area (Å²) in [6, 6.07) is 2.03. The number of rotatable bonds is 3. The van der Waals surface area contributed by atoms with Crippen LogP contribution in [0.15, 0.2) is 18.5 Å². The van der Waals surface area contributed by atoms with Gasteiger partial charge in [0.1, 0.15) is 0 Å². The lowest BCUT2D eigenvalue weighted by Gasteiger charge is -2.20. The molecule has 1 fully saturated rings. The second kappa shape index (κ2) is 4.59. The van der Waals surface area contributed by atoms with Crippen molar-refractivity contribution in [2.75, 3.05) is 25.1 Å². The molecule has 0 saturated carbocycles. The van der Waals surface area contributed by atoms with Crippen LogP contribution in [0.5, 0.6) is 0 Å². The molecule has 0 spiro atoms. The molecule has 1 saturated heterocycles. The Bertz CT molecular complexity index is 329. The third kappa shape index (κ3) is 2.11. The molecule has 0 radical (unpaired) electrons. The molecule has 2 N–H and O–H groups in total. The number of anilines is 1. The normalized spacial score (nSPS) is 20.9. The van der Waals surface area contributed by atoms with Crippen LogP contribution in [-0.2, 0) is 11.3 Å². The van der Waals surface area contributed by atoms with Crippen molar-refractivity contribution in [3.63, 3.8) is 0 Å². The van der Waals surface area contributed by atoms with Gasteiger partial charge in [-0.2, -0.15) is 0 Å². The molecule has 1 unspecified atom stereocenters. The maximum Gasteiger partial charge on any atom is 0.0762 e. The van der Waals surface area contributed by atoms with Crippen LogP contribution in [0.1, 0.15) is 12.0 Å². The van der Waals surface area contributed by atoms with Crippen LogP contribution >= 0.6 is 0 Å². The van der Waals surface area contributed by atoms with Crippen LogP contribution in [0.25, 0.3) is 0 Å². The fourth-order valence-corrected chi connectivity index (χ4v) is 2.02. The summed E-state index contributed by atoms with van der Waals surface area (Å²) >= 11 is 0. The van der Waals surface area contributed by atoms with Gasteiger partial charge in [-0.05, 0) is 12.5 Å². The van der Waals surface area contributed by atoms with Gasteiger partial charge in [0.25, 0.3) is 0 Å². The summed E-state index contributed by atoms with van der Waals surface area (Å²) in [5.74, 6) is 0. The van der Waals surface area contributed by atoms with Gasteiger partial charge >= 0.3 is 0 Å². The highest BCUT2D eigenvalue weighted by Crippen LogP contribution is 2.24. The molecule has 2 rings (SSSR count). The summed E-state index contributed by atoms with van der Waals surface area (Å²) in [5, 5.41) is 0. The van der Waals surface area contributed by atoms with E-state index in [1.165, 1.54) is 5.69 Å². The smallest absolute Gasteiger partial charge is 0.0762 e. The van der Waals surface area contributed by atoms with Gasteiger partial charge in [-0.15, -0.1) is 0 Å². The second-order valence-electron chi connectivity index (χ2n) is 3.80. The van der Waals surface area contributed by atoms with Crippen molar-refractivity contribution in [1.29, 1.82) is 0 Å². The monoisotopic (exact) mass is 207 g/mol. The molecule has 1 aliphatic rings. The number of pyridine rings is 1. The second-order valence-corrected chi connectivity index (χ2v) is 3.80. The molecule has 0 aromatic carbocycles. The number of ether oxygens (including phenoxy) is 1. The van der Waals surface area contributed by atoms with E-state index in [1.54, 1.807) is 7.11 Å². The molecule has 1 aromatic heterocycles. The van der Waals surface area contributed by atoms with Crippen molar-refractivity contribution in [3.8, 4) is 0 Å². The number of nitrogens with two attached hydrogens (primary N) is 1. The van der Waals surface area contributed by atoms with E-state index < -0.39 is 0 Å². The van der Waals surface area contributed by atoms with Gasteiger partial charge in [0, 0.05) is 50.4 Å². The quantitative estimate of drug-likeness (QED) is 0.795. The van der Waals surface area contributed by atoms with Gasteiger partial charge in [-0.25, -0.2) is 0 Å². The first-order valence-corrected chi connectivity index (χ1v) is 5.26. The van der Waals surface area contributed by atoms with E-state index >= 15 is 0 Å². The topological polar surface area (TPSA) is 51.4 Å². The highest BCUT2D eigenvalue weighted by atomic mass is 16.5. The van der Waals surface area contributed by atoms with Gasteiger partial charge in [0.2, 0.25) is 0 Å². The Balaban J connectivity index is 2.16. The first kappa shape index (κ1) is 10.4. The molecule has 0 aliphatic carbocycles. The maximum absolute atomic E-state index is 5.69. The minimum atomic E-state index is 0.351. The number of methoxy groups -OCH3 is 1. The molecule has 0 bridgehead atoms. The average Bonchev–Trinajstić information content (AvgIpc) is 2.77. The molecule has 82 valence electrons. The summed E-state index contributed by atoms with van der Waals surface area (Å²) in [5.41, 5.74) is 7.99. The Labute approximate surface area is 90.0 Å². The molecule has 2 heterocycles. The lowest BCUT2D eigenvalue weighted by Crippen LogP contribution is -2.23. The number of nitrogens with zero attached hydrogens (tertiary/aromatic N) is 2. The zero-order chi connectivity index (χ0) is 10.7. The molecule has 4 nitrogen and oxygen atoms in total. The fourth-order valence-electron chi connectivity index (χ4n) is 2.02. The zero-order valence-electron chi connectivity index (χ0n) is 9.02. The maximum atomic E-state index is 5.69. The van der Waals surface area contributed by atoms with Crippen LogP contribution in [-0.4, -0.2) is 31.3 Å². The largest absolute Gasteiger partial charge is 0.380 e. The Morgan fingerprint density at radius 2 is 2.53 bits per heavy atom. The van der Waals surface area contributed by atoms with Crippen molar-refractivity contribution in [1.82, 2.24) is 4.98 Å². The van der Waals surface area contributed by atoms with Gasteiger partial charge in [0.15, 0.2) is 0 Å². The Kier molecular flexibility index (Phi) is 3.18. The number of hydrogen-bond donors (Lipinski definition) is 1. The van der Waals surface area contributed by atoms with Crippen molar-refractivity contribution in [2.45, 2.75) is 19.1 Å². The summed E-state index contributed by atoms with van der Waals surface area (Å²) in [6.07, 6.45) is 5.09. The van der Waals surface area contributed by atoms with E-state index in [1.807, 2.05) is 18.5 Å². The van der Waals surface area contributed by atoms with Crippen molar-refractivity contribution < 1.29 is 4.74 Å². The molecule has 15 heavy (non-hydrogen) atoms. The average molecular weight is 207 g/mol. The molecule has 4 heteroatoms. The van der Waals surface area contributed by atoms with Crippen LogP contribution in [0, 0.1) is 0 Å². The molecular weight excluding hydrogens is 190 g/mol. The van der Waals surface area contributed by atoms with Crippen LogP contribution in [0.3, 0.4) is 0 Å². The fraction of sp³-hybridized carbons (Fsp3) is 0.545. The van der Waals surface area contributed by atoms with E-state index in [-0.39, 0.29) is 0 Å². The molecule has 1 aromatic rings. The molecular formula is C11H17N3O. The minimum absolute atomic E-state index is 0.351. The third-order valence-corrected chi connectivity index (χ3v) is 2.92. The molecule has 0 amide bonds. The van der Waals surface area contributed by atoms with E-state index in [4.69, 9.17) is 10.5 Å². The first-order chi connectivity index (χ1) is 7.35. The third-order valence-electron chi connectivity index (χ3n) is 2.92. The lowest BCUT2D eigenvalue weighted by atomic mass is 10.2. The SMILES string of the molecule is COC1CCN(c2ccncc2CN)C1. The van der Waals surface area contributed by atoms with Crippen LogP contribution < -0.4 is 10.6 Å². The van der Waals surface area contributed by atoms with E-state index in [0.717, 1.165) is 25.1 Å². The van der Waals surface area contributed by atoms with Crippen molar-refractivity contribution >= 4 is 5.69 Å². The summed E-state index contributed by atoms with van der Waals surface area (Å²) < 4.78 is 5.35. The van der Waals surface area contributed by atoms with Gasteiger partial charge in [-0.1, -0.05) is 0 Å². The molecule has 1 aliphatic heterocycles. The highest BCUT2D eigenvalue weighted by Gasteiger charge is 2.23. The minimum Gasteiger partial charge on any atom is -0.380 e. The lowest BCUT2D eigenvalue weighted by molar-refractivity contribution is 0.121. The zero-order valence-corrected chi connectivity index (χ0v) is 9.02. The number of hydrogen-bond acceptors (Lipinski definition) is 4. The van der Waals surface area contributed by atoms with Gasteiger partial charge < -0.3 is 15.4 Å².